The highest BCUT2D eigenvalue weighted by Crippen LogP contribution is 2.09. The molecule has 1 aromatic carbocycles. The van der Waals surface area contributed by atoms with Gasteiger partial charge in [-0.1, -0.05) is 35.5 Å². The minimum absolute atomic E-state index is 0.292. The molecule has 1 saturated heterocycles. The van der Waals surface area contributed by atoms with Crippen LogP contribution in [0.1, 0.15) is 32.8 Å². The van der Waals surface area contributed by atoms with Gasteiger partial charge in [0.25, 0.3) is 0 Å². The van der Waals surface area contributed by atoms with Crippen LogP contribution in [0.25, 0.3) is 0 Å². The lowest BCUT2D eigenvalue weighted by Gasteiger charge is -2.28. The van der Waals surface area contributed by atoms with Gasteiger partial charge >= 0.3 is 6.09 Å². The molecule has 1 heterocycles. The summed E-state index contributed by atoms with van der Waals surface area (Å²) in [5, 5.41) is 12.9. The fourth-order valence-corrected chi connectivity index (χ4v) is 2.90. The number of hydrogen-bond acceptors (Lipinski definition) is 6. The van der Waals surface area contributed by atoms with E-state index in [0.717, 1.165) is 17.8 Å². The number of rotatable bonds is 6. The fourth-order valence-electron chi connectivity index (χ4n) is 2.90. The number of ether oxygens (including phenoxy) is 1. The zero-order valence-electron chi connectivity index (χ0n) is 17.0. The highest BCUT2D eigenvalue weighted by Gasteiger charge is 2.29. The Morgan fingerprint density at radius 3 is 2.64 bits per heavy atom. The van der Waals surface area contributed by atoms with Gasteiger partial charge < -0.3 is 25.5 Å². The molecule has 1 aliphatic heterocycles. The Morgan fingerprint density at radius 2 is 2.00 bits per heavy atom. The Bertz CT molecular complexity index is 685. The van der Waals surface area contributed by atoms with Crippen LogP contribution in [-0.4, -0.2) is 55.6 Å². The first kappa shape index (κ1) is 21.7. The average molecular weight is 390 g/mol. The second kappa shape index (κ2) is 10.1. The van der Waals surface area contributed by atoms with Crippen molar-refractivity contribution in [3.63, 3.8) is 0 Å². The van der Waals surface area contributed by atoms with Crippen LogP contribution >= 0.6 is 0 Å². The maximum atomic E-state index is 13.0. The summed E-state index contributed by atoms with van der Waals surface area (Å²) in [7, 11) is 1.48. The molecule has 0 radical (unpaired) electrons. The van der Waals surface area contributed by atoms with Gasteiger partial charge in [-0.3, -0.25) is 4.79 Å². The normalized spacial score (nSPS) is 19.6. The number of alkyl carbamates (subject to hydrolysis) is 1. The summed E-state index contributed by atoms with van der Waals surface area (Å²) in [5.41, 5.74) is 1.06. The van der Waals surface area contributed by atoms with Crippen molar-refractivity contribution in [2.45, 2.75) is 51.3 Å². The van der Waals surface area contributed by atoms with E-state index in [1.54, 1.807) is 20.8 Å². The Labute approximate surface area is 166 Å². The van der Waals surface area contributed by atoms with Gasteiger partial charge in [-0.25, -0.2) is 4.79 Å². The van der Waals surface area contributed by atoms with E-state index in [-0.39, 0.29) is 11.9 Å². The van der Waals surface area contributed by atoms with Gasteiger partial charge in [-0.15, -0.1) is 0 Å². The molecule has 8 heteroatoms. The molecule has 154 valence electrons. The summed E-state index contributed by atoms with van der Waals surface area (Å²) >= 11 is 0. The van der Waals surface area contributed by atoms with Crippen LogP contribution in [-0.2, 0) is 20.8 Å². The smallest absolute Gasteiger partial charge is 0.408 e. The van der Waals surface area contributed by atoms with E-state index in [9.17, 15) is 9.59 Å². The maximum Gasteiger partial charge on any atom is 0.408 e. The van der Waals surface area contributed by atoms with Crippen molar-refractivity contribution >= 4 is 17.7 Å². The topological polar surface area (TPSA) is 101 Å². The first-order chi connectivity index (χ1) is 13.3. The summed E-state index contributed by atoms with van der Waals surface area (Å²) in [6, 6.07) is 8.45. The largest absolute Gasteiger partial charge is 0.444 e. The number of piperidine rings is 1. The molecule has 3 N–H and O–H groups in total. The molecule has 0 bridgehead atoms. The SMILES string of the molecule is CON=C1CCNCC1NC(=O)[C@H](Cc1ccccc1)NC(=O)OC(C)(C)C. The molecule has 2 atom stereocenters. The number of nitrogens with one attached hydrogen (secondary N) is 3. The highest BCUT2D eigenvalue weighted by molar-refractivity contribution is 5.95. The minimum atomic E-state index is -0.775. The molecule has 28 heavy (non-hydrogen) atoms. The average Bonchev–Trinajstić information content (AvgIpc) is 2.62. The third-order valence-corrected chi connectivity index (χ3v) is 4.12. The summed E-state index contributed by atoms with van der Waals surface area (Å²) in [4.78, 5) is 30.1. The molecule has 1 unspecified atom stereocenters. The lowest BCUT2D eigenvalue weighted by atomic mass is 10.0. The first-order valence-corrected chi connectivity index (χ1v) is 9.43. The molecular weight excluding hydrogens is 360 g/mol. The Morgan fingerprint density at radius 1 is 1.29 bits per heavy atom. The van der Waals surface area contributed by atoms with Crippen molar-refractivity contribution in [2.24, 2.45) is 5.16 Å². The molecule has 8 nitrogen and oxygen atoms in total. The van der Waals surface area contributed by atoms with Crippen molar-refractivity contribution in [3.05, 3.63) is 35.9 Å². The van der Waals surface area contributed by atoms with Crippen molar-refractivity contribution in [1.82, 2.24) is 16.0 Å². The standard InChI is InChI=1S/C20H30N4O4/c1-20(2,3)28-19(26)23-16(12-14-8-6-5-7-9-14)18(25)22-17-13-21-11-10-15(17)24-27-4/h5-9,16-17,21H,10-13H2,1-4H3,(H,22,25)(H,23,26)/t16-,17?/m0/s1. The van der Waals surface area contributed by atoms with Gasteiger partial charge in [0.2, 0.25) is 5.91 Å². The maximum absolute atomic E-state index is 13.0. The second-order valence-electron chi connectivity index (χ2n) is 7.67. The first-order valence-electron chi connectivity index (χ1n) is 9.43. The van der Waals surface area contributed by atoms with Crippen LogP contribution in [0.2, 0.25) is 0 Å². The Kier molecular flexibility index (Phi) is 7.80. The monoisotopic (exact) mass is 390 g/mol. The van der Waals surface area contributed by atoms with Crippen molar-refractivity contribution in [3.8, 4) is 0 Å². The van der Waals surface area contributed by atoms with Crippen molar-refractivity contribution in [1.29, 1.82) is 0 Å². The number of hydrogen-bond donors (Lipinski definition) is 3. The van der Waals surface area contributed by atoms with Gasteiger partial charge in [0.15, 0.2) is 0 Å². The summed E-state index contributed by atoms with van der Waals surface area (Å²) < 4.78 is 5.32. The highest BCUT2D eigenvalue weighted by atomic mass is 16.6. The lowest BCUT2D eigenvalue weighted by molar-refractivity contribution is -0.123. The van der Waals surface area contributed by atoms with E-state index in [0.29, 0.717) is 19.4 Å². The number of carbonyl (C=O) groups excluding carboxylic acids is 2. The van der Waals surface area contributed by atoms with Gasteiger partial charge in [0.05, 0.1) is 11.8 Å². The lowest BCUT2D eigenvalue weighted by Crippen LogP contribution is -2.57. The van der Waals surface area contributed by atoms with E-state index in [2.05, 4.69) is 21.1 Å². The molecule has 0 aliphatic carbocycles. The van der Waals surface area contributed by atoms with Crippen LogP contribution in [0.4, 0.5) is 4.79 Å². The number of oxime groups is 1. The van der Waals surface area contributed by atoms with E-state index in [1.807, 2.05) is 30.3 Å². The van der Waals surface area contributed by atoms with E-state index < -0.39 is 17.7 Å². The number of amides is 2. The van der Waals surface area contributed by atoms with Gasteiger partial charge in [-0.2, -0.15) is 0 Å². The number of nitrogens with zero attached hydrogens (tertiary/aromatic N) is 1. The second-order valence-corrected chi connectivity index (χ2v) is 7.67. The van der Waals surface area contributed by atoms with Crippen LogP contribution in [0.15, 0.2) is 35.5 Å². The Balaban J connectivity index is 2.11. The molecule has 2 amide bonds. The minimum Gasteiger partial charge on any atom is -0.444 e. The fraction of sp³-hybridized carbons (Fsp3) is 0.550. The molecule has 1 aromatic rings. The summed E-state index contributed by atoms with van der Waals surface area (Å²) in [6.07, 6.45) is 0.404. The predicted octanol–water partition coefficient (Wildman–Crippen LogP) is 1.60. The molecule has 1 fully saturated rings. The third kappa shape index (κ3) is 7.19. The zero-order chi connectivity index (χ0) is 20.6. The molecule has 0 aromatic heterocycles. The predicted molar refractivity (Wildman–Crippen MR) is 107 cm³/mol. The Hall–Kier alpha value is -2.61. The molecular formula is C20H30N4O4. The van der Waals surface area contributed by atoms with Crippen LogP contribution in [0, 0.1) is 0 Å². The third-order valence-electron chi connectivity index (χ3n) is 4.12. The number of carbonyl (C=O) groups is 2. The van der Waals surface area contributed by atoms with Gasteiger partial charge in [-0.05, 0) is 26.3 Å². The molecule has 0 spiro atoms. The van der Waals surface area contributed by atoms with Crippen LogP contribution in [0.3, 0.4) is 0 Å². The summed E-state index contributed by atoms with van der Waals surface area (Å²) in [6.45, 7) is 6.66. The molecule has 0 saturated carbocycles. The van der Waals surface area contributed by atoms with E-state index >= 15 is 0 Å². The molecule has 1 aliphatic rings. The van der Waals surface area contributed by atoms with Crippen molar-refractivity contribution < 1.29 is 19.2 Å². The quantitative estimate of drug-likeness (QED) is 0.641. The van der Waals surface area contributed by atoms with Gasteiger partial charge in [0, 0.05) is 25.9 Å². The summed E-state index contributed by atoms with van der Waals surface area (Å²) in [5.74, 6) is -0.299. The molecule has 2 rings (SSSR count). The van der Waals surface area contributed by atoms with Crippen LogP contribution < -0.4 is 16.0 Å². The van der Waals surface area contributed by atoms with Crippen molar-refractivity contribution in [2.75, 3.05) is 20.2 Å². The van der Waals surface area contributed by atoms with E-state index in [4.69, 9.17) is 9.57 Å². The van der Waals surface area contributed by atoms with E-state index in [1.165, 1.54) is 7.11 Å². The number of benzene rings is 1. The van der Waals surface area contributed by atoms with Crippen LogP contribution in [0.5, 0.6) is 0 Å². The van der Waals surface area contributed by atoms with Gasteiger partial charge in [0.1, 0.15) is 18.8 Å². The zero-order valence-corrected chi connectivity index (χ0v) is 17.0.